The molecule has 20 heavy (non-hydrogen) atoms. The van der Waals surface area contributed by atoms with Crippen molar-refractivity contribution in [2.75, 3.05) is 6.61 Å². The fourth-order valence-corrected chi connectivity index (χ4v) is 2.87. The maximum absolute atomic E-state index is 12.9. The number of hydrogen-bond donors (Lipinski definition) is 2. The molecule has 1 saturated carbocycles. The molecular formula is C16H18FNO2. The van der Waals surface area contributed by atoms with E-state index in [1.807, 2.05) is 12.2 Å². The van der Waals surface area contributed by atoms with Gasteiger partial charge in [0.15, 0.2) is 0 Å². The molecule has 0 bridgehead atoms. The van der Waals surface area contributed by atoms with Crippen LogP contribution < -0.4 is 5.32 Å². The van der Waals surface area contributed by atoms with Gasteiger partial charge in [0.25, 0.3) is 0 Å². The first-order valence-electron chi connectivity index (χ1n) is 7.02. The van der Waals surface area contributed by atoms with Crippen LogP contribution in [0, 0.1) is 17.7 Å². The molecule has 106 valence electrons. The van der Waals surface area contributed by atoms with Crippen LogP contribution in [0.15, 0.2) is 36.4 Å². The lowest BCUT2D eigenvalue weighted by Crippen LogP contribution is -2.34. The Morgan fingerprint density at radius 2 is 2.00 bits per heavy atom. The standard InChI is InChI=1S/C16H18FNO2/c17-12-4-2-11(3-5-12)14-8-15(14)16(20)18-13-6-1-10(7-13)9-19/h1-6,10,13-15,19H,7-9H2,(H,18,20)/t10-,13+,14?,15?/m0/s1. The van der Waals surface area contributed by atoms with Gasteiger partial charge in [0.05, 0.1) is 0 Å². The van der Waals surface area contributed by atoms with Gasteiger partial charge in [0.2, 0.25) is 5.91 Å². The van der Waals surface area contributed by atoms with Crippen molar-refractivity contribution < 1.29 is 14.3 Å². The SMILES string of the molecule is O=C(N[C@@H]1C=C[C@H](CO)C1)C1CC1c1ccc(F)cc1. The number of aliphatic hydroxyl groups excluding tert-OH is 1. The molecule has 0 heterocycles. The maximum Gasteiger partial charge on any atom is 0.224 e. The number of hydrogen-bond acceptors (Lipinski definition) is 2. The van der Waals surface area contributed by atoms with Gasteiger partial charge >= 0.3 is 0 Å². The first-order chi connectivity index (χ1) is 9.67. The molecule has 3 nitrogen and oxygen atoms in total. The van der Waals surface area contributed by atoms with Gasteiger partial charge in [-0.2, -0.15) is 0 Å². The third-order valence-corrected chi connectivity index (χ3v) is 4.16. The van der Waals surface area contributed by atoms with Crippen molar-refractivity contribution in [1.82, 2.24) is 5.32 Å². The number of halogens is 1. The monoisotopic (exact) mass is 275 g/mol. The van der Waals surface area contributed by atoms with Crippen LogP contribution in [0.1, 0.15) is 24.3 Å². The molecule has 2 N–H and O–H groups in total. The average molecular weight is 275 g/mol. The summed E-state index contributed by atoms with van der Waals surface area (Å²) in [5.74, 6) is 0.193. The molecule has 2 aliphatic carbocycles. The van der Waals surface area contributed by atoms with E-state index in [1.54, 1.807) is 12.1 Å². The molecule has 4 heteroatoms. The van der Waals surface area contributed by atoms with E-state index < -0.39 is 0 Å². The van der Waals surface area contributed by atoms with Crippen molar-refractivity contribution in [2.45, 2.75) is 24.8 Å². The lowest BCUT2D eigenvalue weighted by atomic mass is 10.1. The summed E-state index contributed by atoms with van der Waals surface area (Å²) in [6.07, 6.45) is 5.51. The van der Waals surface area contributed by atoms with Gasteiger partial charge in [-0.15, -0.1) is 0 Å². The molecule has 0 saturated heterocycles. The van der Waals surface area contributed by atoms with Crippen LogP contribution in [0.4, 0.5) is 4.39 Å². The van der Waals surface area contributed by atoms with Crippen molar-refractivity contribution in [3.8, 4) is 0 Å². The van der Waals surface area contributed by atoms with E-state index in [9.17, 15) is 9.18 Å². The highest BCUT2D eigenvalue weighted by Crippen LogP contribution is 2.47. The number of nitrogens with one attached hydrogen (secondary N) is 1. The van der Waals surface area contributed by atoms with Crippen LogP contribution in [0.5, 0.6) is 0 Å². The molecule has 1 amide bonds. The van der Waals surface area contributed by atoms with Crippen LogP contribution >= 0.6 is 0 Å². The van der Waals surface area contributed by atoms with Gasteiger partial charge < -0.3 is 10.4 Å². The van der Waals surface area contributed by atoms with Crippen LogP contribution in [-0.4, -0.2) is 23.7 Å². The number of rotatable bonds is 4. The minimum Gasteiger partial charge on any atom is -0.396 e. The van der Waals surface area contributed by atoms with Crippen molar-refractivity contribution >= 4 is 5.91 Å². The third-order valence-electron chi connectivity index (χ3n) is 4.16. The third kappa shape index (κ3) is 2.75. The Kier molecular flexibility index (Phi) is 3.57. The second-order valence-corrected chi connectivity index (χ2v) is 5.68. The molecule has 1 aromatic rings. The summed E-state index contributed by atoms with van der Waals surface area (Å²) < 4.78 is 12.9. The predicted molar refractivity (Wildman–Crippen MR) is 73.5 cm³/mol. The van der Waals surface area contributed by atoms with Crippen molar-refractivity contribution in [2.24, 2.45) is 11.8 Å². The van der Waals surface area contributed by atoms with Crippen molar-refractivity contribution in [3.63, 3.8) is 0 Å². The predicted octanol–water partition coefficient (Wildman–Crippen LogP) is 1.98. The summed E-state index contributed by atoms with van der Waals surface area (Å²) in [5, 5.41) is 12.1. The van der Waals surface area contributed by atoms with Gasteiger partial charge in [-0.1, -0.05) is 24.3 Å². The highest BCUT2D eigenvalue weighted by Gasteiger charge is 2.44. The number of amides is 1. The number of carbonyl (C=O) groups is 1. The topological polar surface area (TPSA) is 49.3 Å². The Balaban J connectivity index is 1.53. The van der Waals surface area contributed by atoms with Crippen LogP contribution in [-0.2, 0) is 4.79 Å². The highest BCUT2D eigenvalue weighted by atomic mass is 19.1. The summed E-state index contributed by atoms with van der Waals surface area (Å²) in [4.78, 5) is 12.1. The molecular weight excluding hydrogens is 257 g/mol. The molecule has 0 spiro atoms. The summed E-state index contributed by atoms with van der Waals surface area (Å²) in [6.45, 7) is 0.129. The molecule has 1 fully saturated rings. The molecule has 0 aliphatic heterocycles. The first kappa shape index (κ1) is 13.3. The molecule has 1 aromatic carbocycles. The minimum atomic E-state index is -0.249. The first-order valence-corrected chi connectivity index (χ1v) is 7.02. The Morgan fingerprint density at radius 1 is 1.25 bits per heavy atom. The average Bonchev–Trinajstić information content (AvgIpc) is 3.13. The van der Waals surface area contributed by atoms with E-state index in [1.165, 1.54) is 12.1 Å². The molecule has 0 radical (unpaired) electrons. The van der Waals surface area contributed by atoms with E-state index in [0.717, 1.165) is 18.4 Å². The van der Waals surface area contributed by atoms with Crippen LogP contribution in [0.25, 0.3) is 0 Å². The molecule has 4 atom stereocenters. The quantitative estimate of drug-likeness (QED) is 0.826. The Hall–Kier alpha value is -1.68. The number of aliphatic hydroxyl groups is 1. The number of benzene rings is 1. The zero-order chi connectivity index (χ0) is 14.1. The second-order valence-electron chi connectivity index (χ2n) is 5.68. The van der Waals surface area contributed by atoms with Crippen LogP contribution in [0.2, 0.25) is 0 Å². The summed E-state index contributed by atoms with van der Waals surface area (Å²) in [5.41, 5.74) is 1.03. The van der Waals surface area contributed by atoms with E-state index in [4.69, 9.17) is 5.11 Å². The zero-order valence-corrected chi connectivity index (χ0v) is 11.1. The molecule has 0 aromatic heterocycles. The minimum absolute atomic E-state index is 0.00189. The summed E-state index contributed by atoms with van der Waals surface area (Å²) >= 11 is 0. The molecule has 3 rings (SSSR count). The zero-order valence-electron chi connectivity index (χ0n) is 11.1. The lowest BCUT2D eigenvalue weighted by Gasteiger charge is -2.12. The van der Waals surface area contributed by atoms with E-state index >= 15 is 0 Å². The lowest BCUT2D eigenvalue weighted by molar-refractivity contribution is -0.122. The smallest absolute Gasteiger partial charge is 0.224 e. The summed E-state index contributed by atoms with van der Waals surface area (Å²) in [6, 6.07) is 6.42. The van der Waals surface area contributed by atoms with Crippen molar-refractivity contribution in [1.29, 1.82) is 0 Å². The summed E-state index contributed by atoms with van der Waals surface area (Å²) in [7, 11) is 0. The van der Waals surface area contributed by atoms with Crippen LogP contribution in [0.3, 0.4) is 0 Å². The normalized spacial score (nSPS) is 31.3. The van der Waals surface area contributed by atoms with Gasteiger partial charge in [0.1, 0.15) is 5.82 Å². The fraction of sp³-hybridized carbons (Fsp3) is 0.438. The fourth-order valence-electron chi connectivity index (χ4n) is 2.87. The largest absolute Gasteiger partial charge is 0.396 e. The van der Waals surface area contributed by atoms with Gasteiger partial charge in [-0.05, 0) is 36.5 Å². The second kappa shape index (κ2) is 5.37. The molecule has 2 unspecified atom stereocenters. The Labute approximate surface area is 117 Å². The van der Waals surface area contributed by atoms with Gasteiger partial charge in [-0.3, -0.25) is 4.79 Å². The van der Waals surface area contributed by atoms with E-state index in [-0.39, 0.29) is 42.1 Å². The number of carbonyl (C=O) groups excluding carboxylic acids is 1. The molecule has 2 aliphatic rings. The van der Waals surface area contributed by atoms with Crippen molar-refractivity contribution in [3.05, 3.63) is 47.8 Å². The maximum atomic E-state index is 12.9. The van der Waals surface area contributed by atoms with E-state index in [0.29, 0.717) is 0 Å². The van der Waals surface area contributed by atoms with Gasteiger partial charge in [0, 0.05) is 24.5 Å². The Morgan fingerprint density at radius 3 is 2.65 bits per heavy atom. The Bertz CT molecular complexity index is 526. The van der Waals surface area contributed by atoms with E-state index in [2.05, 4.69) is 5.32 Å². The highest BCUT2D eigenvalue weighted by molar-refractivity contribution is 5.83. The van der Waals surface area contributed by atoms with Gasteiger partial charge in [-0.25, -0.2) is 4.39 Å².